The molecule has 0 saturated heterocycles. The van der Waals surface area contributed by atoms with Crippen LogP contribution >= 0.6 is 0 Å². The van der Waals surface area contributed by atoms with Crippen LogP contribution in [-0.2, 0) is 6.54 Å². The second-order valence-corrected chi connectivity index (χ2v) is 5.57. The molecule has 0 atom stereocenters. The van der Waals surface area contributed by atoms with Crippen LogP contribution in [0, 0.1) is 5.82 Å². The second kappa shape index (κ2) is 6.27. The van der Waals surface area contributed by atoms with Crippen molar-refractivity contribution < 1.29 is 9.50 Å². The molecule has 3 rings (SSSR count). The molecule has 1 saturated carbocycles. The molecule has 1 aromatic heterocycles. The third-order valence-electron chi connectivity index (χ3n) is 3.95. The minimum absolute atomic E-state index is 0.136. The first-order chi connectivity index (χ1) is 10.6. The Morgan fingerprint density at radius 3 is 2.82 bits per heavy atom. The van der Waals surface area contributed by atoms with Crippen molar-refractivity contribution in [2.24, 2.45) is 0 Å². The molecular formula is C16H18FN3O2. The van der Waals surface area contributed by atoms with Crippen molar-refractivity contribution in [3.8, 4) is 11.4 Å². The minimum atomic E-state index is -0.493. The minimum Gasteiger partial charge on any atom is -0.506 e. The van der Waals surface area contributed by atoms with Crippen molar-refractivity contribution >= 4 is 0 Å². The van der Waals surface area contributed by atoms with E-state index in [0.29, 0.717) is 24.0 Å². The predicted molar refractivity (Wildman–Crippen MR) is 80.6 cm³/mol. The van der Waals surface area contributed by atoms with Crippen molar-refractivity contribution in [3.05, 3.63) is 52.2 Å². The third kappa shape index (κ3) is 3.17. The highest BCUT2D eigenvalue weighted by molar-refractivity contribution is 5.33. The summed E-state index contributed by atoms with van der Waals surface area (Å²) in [6.07, 6.45) is 4.65. The van der Waals surface area contributed by atoms with Crippen molar-refractivity contribution in [1.29, 1.82) is 0 Å². The van der Waals surface area contributed by atoms with Crippen LogP contribution in [-0.4, -0.2) is 20.9 Å². The number of benzene rings is 1. The summed E-state index contributed by atoms with van der Waals surface area (Å²) in [6, 6.07) is 7.20. The van der Waals surface area contributed by atoms with Gasteiger partial charge >= 0.3 is 0 Å². The number of nitrogens with one attached hydrogen (secondary N) is 1. The molecule has 5 nitrogen and oxygen atoms in total. The summed E-state index contributed by atoms with van der Waals surface area (Å²) < 4.78 is 14.4. The van der Waals surface area contributed by atoms with Gasteiger partial charge in [0, 0.05) is 18.7 Å². The number of rotatable bonds is 4. The van der Waals surface area contributed by atoms with Gasteiger partial charge in [0.2, 0.25) is 0 Å². The van der Waals surface area contributed by atoms with E-state index < -0.39 is 11.4 Å². The highest BCUT2D eigenvalue weighted by Crippen LogP contribution is 2.19. The number of nitrogens with zero attached hydrogens (tertiary/aromatic N) is 2. The lowest BCUT2D eigenvalue weighted by Crippen LogP contribution is -2.28. The topological polar surface area (TPSA) is 67.2 Å². The summed E-state index contributed by atoms with van der Waals surface area (Å²) in [4.78, 5) is 12.0. The van der Waals surface area contributed by atoms with Gasteiger partial charge in [-0.25, -0.2) is 4.39 Å². The Morgan fingerprint density at radius 1 is 1.32 bits per heavy atom. The fourth-order valence-corrected chi connectivity index (χ4v) is 2.77. The van der Waals surface area contributed by atoms with Gasteiger partial charge in [-0.15, -0.1) is 0 Å². The van der Waals surface area contributed by atoms with Crippen LogP contribution in [0.3, 0.4) is 0 Å². The van der Waals surface area contributed by atoms with Crippen molar-refractivity contribution in [2.75, 3.05) is 0 Å². The van der Waals surface area contributed by atoms with Gasteiger partial charge in [-0.2, -0.15) is 9.78 Å². The number of hydrogen-bond acceptors (Lipinski definition) is 4. The summed E-state index contributed by atoms with van der Waals surface area (Å²) >= 11 is 0. The molecule has 0 bridgehead atoms. The van der Waals surface area contributed by atoms with Crippen LogP contribution in [0.15, 0.2) is 35.1 Å². The number of halogens is 1. The molecule has 1 fully saturated rings. The Morgan fingerprint density at radius 2 is 2.09 bits per heavy atom. The van der Waals surface area contributed by atoms with E-state index in [1.807, 2.05) is 0 Å². The van der Waals surface area contributed by atoms with Crippen molar-refractivity contribution in [2.45, 2.75) is 38.3 Å². The standard InChI is InChI=1S/C16H18FN3O2/c17-11-4-3-7-13(8-11)20-16(22)9-15(21)14(19-20)10-18-12-5-1-2-6-12/h3-4,7-9,12,18,21H,1-2,5-6,10H2. The zero-order valence-corrected chi connectivity index (χ0v) is 12.1. The monoisotopic (exact) mass is 303 g/mol. The Kier molecular flexibility index (Phi) is 4.20. The van der Waals surface area contributed by atoms with E-state index in [9.17, 15) is 14.3 Å². The second-order valence-electron chi connectivity index (χ2n) is 5.57. The fourth-order valence-electron chi connectivity index (χ4n) is 2.77. The fraction of sp³-hybridized carbons (Fsp3) is 0.375. The van der Waals surface area contributed by atoms with Gasteiger partial charge in [0.05, 0.1) is 5.69 Å². The first-order valence-electron chi connectivity index (χ1n) is 7.45. The van der Waals surface area contributed by atoms with Crippen LogP contribution in [0.4, 0.5) is 4.39 Å². The maximum absolute atomic E-state index is 13.3. The summed E-state index contributed by atoms with van der Waals surface area (Å²) in [5.74, 6) is -0.576. The average Bonchev–Trinajstić information content (AvgIpc) is 2.99. The van der Waals surface area contributed by atoms with E-state index >= 15 is 0 Å². The molecule has 2 N–H and O–H groups in total. The Bertz CT molecular complexity index is 724. The molecule has 0 radical (unpaired) electrons. The van der Waals surface area contributed by atoms with Crippen LogP contribution in [0.2, 0.25) is 0 Å². The lowest BCUT2D eigenvalue weighted by Gasteiger charge is -2.13. The zero-order valence-electron chi connectivity index (χ0n) is 12.1. The summed E-state index contributed by atoms with van der Waals surface area (Å²) in [5.41, 5.74) is 0.232. The van der Waals surface area contributed by atoms with Gasteiger partial charge in [0.1, 0.15) is 17.3 Å². The maximum Gasteiger partial charge on any atom is 0.275 e. The summed E-state index contributed by atoms with van der Waals surface area (Å²) in [6.45, 7) is 0.381. The molecule has 116 valence electrons. The maximum atomic E-state index is 13.3. The lowest BCUT2D eigenvalue weighted by molar-refractivity contribution is 0.441. The van der Waals surface area contributed by atoms with E-state index in [0.717, 1.165) is 23.6 Å². The van der Waals surface area contributed by atoms with Gasteiger partial charge in [-0.1, -0.05) is 18.9 Å². The van der Waals surface area contributed by atoms with E-state index in [4.69, 9.17) is 0 Å². The molecule has 2 aromatic rings. The molecule has 22 heavy (non-hydrogen) atoms. The Labute approximate surface area is 127 Å². The molecule has 0 amide bonds. The van der Waals surface area contributed by atoms with Gasteiger partial charge in [-0.3, -0.25) is 4.79 Å². The van der Waals surface area contributed by atoms with Gasteiger partial charge < -0.3 is 10.4 Å². The van der Waals surface area contributed by atoms with Crippen molar-refractivity contribution in [3.63, 3.8) is 0 Å². The molecule has 0 aliphatic heterocycles. The number of aromatic nitrogens is 2. The Hall–Kier alpha value is -2.21. The lowest BCUT2D eigenvalue weighted by atomic mass is 10.2. The van der Waals surface area contributed by atoms with Gasteiger partial charge in [0.25, 0.3) is 5.56 Å². The van der Waals surface area contributed by atoms with Crippen LogP contribution in [0.5, 0.6) is 5.75 Å². The molecule has 1 aromatic carbocycles. The van der Waals surface area contributed by atoms with Crippen LogP contribution in [0.25, 0.3) is 5.69 Å². The number of aromatic hydroxyl groups is 1. The first kappa shape index (κ1) is 14.7. The molecular weight excluding hydrogens is 285 g/mol. The summed E-state index contributed by atoms with van der Waals surface area (Å²) in [7, 11) is 0. The molecule has 1 aliphatic carbocycles. The average molecular weight is 303 g/mol. The van der Waals surface area contributed by atoms with E-state index in [-0.39, 0.29) is 5.75 Å². The summed E-state index contributed by atoms with van der Waals surface area (Å²) in [5, 5.41) is 17.4. The zero-order chi connectivity index (χ0) is 15.5. The molecule has 6 heteroatoms. The molecule has 1 heterocycles. The highest BCUT2D eigenvalue weighted by Gasteiger charge is 2.16. The quantitative estimate of drug-likeness (QED) is 0.908. The third-order valence-corrected chi connectivity index (χ3v) is 3.95. The molecule has 0 unspecified atom stereocenters. The predicted octanol–water partition coefficient (Wildman–Crippen LogP) is 2.11. The molecule has 0 spiro atoms. The molecule has 1 aliphatic rings. The largest absolute Gasteiger partial charge is 0.506 e. The highest BCUT2D eigenvalue weighted by atomic mass is 19.1. The Balaban J connectivity index is 1.87. The van der Waals surface area contributed by atoms with Crippen LogP contribution in [0.1, 0.15) is 31.4 Å². The first-order valence-corrected chi connectivity index (χ1v) is 7.45. The normalized spacial score (nSPS) is 15.3. The number of hydrogen-bond donors (Lipinski definition) is 2. The van der Waals surface area contributed by atoms with Crippen molar-refractivity contribution in [1.82, 2.24) is 15.1 Å². The van der Waals surface area contributed by atoms with E-state index in [2.05, 4.69) is 10.4 Å². The SMILES string of the molecule is O=c1cc(O)c(CNC2CCCC2)nn1-c1cccc(F)c1. The van der Waals surface area contributed by atoms with E-state index in [1.165, 1.54) is 31.0 Å². The van der Waals surface area contributed by atoms with Crippen LogP contribution < -0.4 is 10.9 Å². The van der Waals surface area contributed by atoms with E-state index in [1.54, 1.807) is 6.07 Å². The smallest absolute Gasteiger partial charge is 0.275 e. The van der Waals surface area contributed by atoms with Gasteiger partial charge in [0.15, 0.2) is 0 Å². The van der Waals surface area contributed by atoms with Gasteiger partial charge in [-0.05, 0) is 31.0 Å².